The first kappa shape index (κ1) is 17.9. The van der Waals surface area contributed by atoms with Crippen molar-refractivity contribution >= 4 is 23.3 Å². The fourth-order valence-corrected chi connectivity index (χ4v) is 2.10. The molecule has 25 heavy (non-hydrogen) atoms. The number of benzene rings is 2. The number of esters is 1. The zero-order chi connectivity index (χ0) is 18.6. The van der Waals surface area contributed by atoms with E-state index in [9.17, 15) is 19.7 Å². The highest BCUT2D eigenvalue weighted by atomic mass is 16.6. The first-order valence-electron chi connectivity index (χ1n) is 7.30. The molecule has 0 aliphatic carbocycles. The van der Waals surface area contributed by atoms with Gasteiger partial charge in [0, 0.05) is 6.07 Å². The summed E-state index contributed by atoms with van der Waals surface area (Å²) in [6.07, 6.45) is 0. The number of nitrogens with zero attached hydrogens (tertiary/aromatic N) is 1. The van der Waals surface area contributed by atoms with Gasteiger partial charge in [0.2, 0.25) is 0 Å². The van der Waals surface area contributed by atoms with E-state index >= 15 is 0 Å². The van der Waals surface area contributed by atoms with Gasteiger partial charge in [0.15, 0.2) is 6.61 Å². The molecule has 0 aliphatic rings. The third-order valence-corrected chi connectivity index (χ3v) is 3.61. The fraction of sp³-hybridized carbons (Fsp3) is 0.176. The van der Waals surface area contributed by atoms with Crippen molar-refractivity contribution in [2.24, 2.45) is 0 Å². The van der Waals surface area contributed by atoms with E-state index in [4.69, 9.17) is 9.84 Å². The number of amides is 1. The molecule has 0 atom stereocenters. The van der Waals surface area contributed by atoms with E-state index in [-0.39, 0.29) is 22.7 Å². The second-order valence-electron chi connectivity index (χ2n) is 5.33. The number of carbonyl (C=O) groups is 2. The molecule has 0 unspecified atom stereocenters. The summed E-state index contributed by atoms with van der Waals surface area (Å²) in [6.45, 7) is 2.82. The minimum absolute atomic E-state index is 0.00322. The minimum atomic E-state index is -0.745. The number of carbonyl (C=O) groups excluding carboxylic acids is 2. The highest BCUT2D eigenvalue weighted by molar-refractivity contribution is 5.97. The molecule has 0 saturated carbocycles. The summed E-state index contributed by atoms with van der Waals surface area (Å²) < 4.78 is 4.87. The Bertz CT molecular complexity index is 830. The van der Waals surface area contributed by atoms with Crippen molar-refractivity contribution in [3.63, 3.8) is 0 Å². The number of aryl methyl sites for hydroxylation is 1. The highest BCUT2D eigenvalue weighted by Crippen LogP contribution is 2.30. The summed E-state index contributed by atoms with van der Waals surface area (Å²) in [7, 11) is 0. The van der Waals surface area contributed by atoms with Crippen molar-refractivity contribution in [3.8, 4) is 5.75 Å². The Morgan fingerprint density at radius 1 is 1.16 bits per heavy atom. The van der Waals surface area contributed by atoms with Gasteiger partial charge in [0.05, 0.1) is 10.5 Å². The van der Waals surface area contributed by atoms with Gasteiger partial charge >= 0.3 is 5.97 Å². The number of phenols is 1. The van der Waals surface area contributed by atoms with Crippen LogP contribution in [0.5, 0.6) is 5.75 Å². The average Bonchev–Trinajstić information content (AvgIpc) is 2.57. The van der Waals surface area contributed by atoms with E-state index in [1.54, 1.807) is 19.9 Å². The number of anilines is 1. The van der Waals surface area contributed by atoms with Crippen LogP contribution in [0, 0.1) is 24.0 Å². The molecular weight excluding hydrogens is 328 g/mol. The molecule has 2 aromatic carbocycles. The number of hydrogen-bond donors (Lipinski definition) is 2. The van der Waals surface area contributed by atoms with Crippen LogP contribution in [0.25, 0.3) is 0 Å². The van der Waals surface area contributed by atoms with Crippen molar-refractivity contribution in [2.75, 3.05) is 11.9 Å². The van der Waals surface area contributed by atoms with Crippen LogP contribution in [-0.4, -0.2) is 28.5 Å². The average molecular weight is 344 g/mol. The molecule has 8 nitrogen and oxygen atoms in total. The van der Waals surface area contributed by atoms with Crippen LogP contribution in [0.1, 0.15) is 21.5 Å². The molecule has 1 amide bonds. The maximum absolute atomic E-state index is 12.0. The Morgan fingerprint density at radius 2 is 1.80 bits per heavy atom. The van der Waals surface area contributed by atoms with Gasteiger partial charge in [-0.25, -0.2) is 4.79 Å². The van der Waals surface area contributed by atoms with Crippen LogP contribution >= 0.6 is 0 Å². The van der Waals surface area contributed by atoms with Crippen LogP contribution in [0.3, 0.4) is 0 Å². The van der Waals surface area contributed by atoms with E-state index in [1.807, 2.05) is 0 Å². The Morgan fingerprint density at radius 3 is 2.40 bits per heavy atom. The lowest BCUT2D eigenvalue weighted by Crippen LogP contribution is -2.22. The molecule has 0 aliphatic heterocycles. The highest BCUT2D eigenvalue weighted by Gasteiger charge is 2.20. The Labute approximate surface area is 143 Å². The molecular formula is C17H16N2O6. The van der Waals surface area contributed by atoms with E-state index in [0.29, 0.717) is 5.56 Å². The maximum Gasteiger partial charge on any atom is 0.338 e. The van der Waals surface area contributed by atoms with Crippen molar-refractivity contribution < 1.29 is 24.4 Å². The largest absolute Gasteiger partial charge is 0.508 e. The summed E-state index contributed by atoms with van der Waals surface area (Å²) in [5, 5.41) is 22.7. The van der Waals surface area contributed by atoms with Gasteiger partial charge in [-0.15, -0.1) is 0 Å². The molecule has 2 aromatic rings. The van der Waals surface area contributed by atoms with E-state index in [0.717, 1.165) is 5.56 Å². The number of nitro groups is 1. The molecule has 0 spiro atoms. The third kappa shape index (κ3) is 4.31. The molecule has 0 aromatic heterocycles. The van der Waals surface area contributed by atoms with Crippen LogP contribution in [-0.2, 0) is 9.53 Å². The second kappa shape index (κ2) is 7.43. The zero-order valence-electron chi connectivity index (χ0n) is 13.6. The van der Waals surface area contributed by atoms with Crippen molar-refractivity contribution in [1.82, 2.24) is 0 Å². The topological polar surface area (TPSA) is 119 Å². The van der Waals surface area contributed by atoms with Gasteiger partial charge < -0.3 is 15.2 Å². The quantitative estimate of drug-likeness (QED) is 0.489. The maximum atomic E-state index is 12.0. The lowest BCUT2D eigenvalue weighted by Gasteiger charge is -2.11. The van der Waals surface area contributed by atoms with Crippen molar-refractivity contribution in [2.45, 2.75) is 13.8 Å². The van der Waals surface area contributed by atoms with E-state index in [1.165, 1.54) is 30.3 Å². The molecule has 2 N–H and O–H groups in total. The molecule has 8 heteroatoms. The molecule has 0 saturated heterocycles. The first-order chi connectivity index (χ1) is 11.8. The number of ether oxygens (including phenoxy) is 1. The lowest BCUT2D eigenvalue weighted by molar-refractivity contribution is -0.384. The summed E-state index contributed by atoms with van der Waals surface area (Å²) in [4.78, 5) is 34.3. The molecule has 0 fully saturated rings. The Balaban J connectivity index is 2.06. The Kier molecular flexibility index (Phi) is 5.33. The predicted molar refractivity (Wildman–Crippen MR) is 89.6 cm³/mol. The third-order valence-electron chi connectivity index (χ3n) is 3.61. The number of phenolic OH excluding ortho intramolecular Hbond substituents is 1. The second-order valence-corrected chi connectivity index (χ2v) is 5.33. The summed E-state index contributed by atoms with van der Waals surface area (Å²) in [6, 6.07) is 8.23. The molecule has 0 radical (unpaired) electrons. The van der Waals surface area contributed by atoms with Crippen LogP contribution in [0.15, 0.2) is 36.4 Å². The normalized spacial score (nSPS) is 10.2. The number of rotatable bonds is 5. The smallest absolute Gasteiger partial charge is 0.338 e. The van der Waals surface area contributed by atoms with Crippen LogP contribution in [0.4, 0.5) is 11.4 Å². The predicted octanol–water partition coefficient (Wildman–Crippen LogP) is 2.71. The molecule has 0 bridgehead atoms. The zero-order valence-corrected chi connectivity index (χ0v) is 13.6. The number of nitro benzene ring substituents is 1. The SMILES string of the molecule is Cc1ccc([N+](=O)[O-])c(NC(=O)COC(=O)c2ccc(O)cc2)c1C. The van der Waals surface area contributed by atoms with Crippen molar-refractivity contribution in [3.05, 3.63) is 63.2 Å². The molecule has 0 heterocycles. The Hall–Kier alpha value is -3.42. The minimum Gasteiger partial charge on any atom is -0.508 e. The molecule has 2 rings (SSSR count). The van der Waals surface area contributed by atoms with E-state index < -0.39 is 23.4 Å². The van der Waals surface area contributed by atoms with Gasteiger partial charge in [-0.1, -0.05) is 6.07 Å². The first-order valence-corrected chi connectivity index (χ1v) is 7.30. The van der Waals surface area contributed by atoms with Crippen LogP contribution < -0.4 is 5.32 Å². The van der Waals surface area contributed by atoms with Gasteiger partial charge in [0.1, 0.15) is 11.4 Å². The van der Waals surface area contributed by atoms with Crippen LogP contribution in [0.2, 0.25) is 0 Å². The van der Waals surface area contributed by atoms with Crippen molar-refractivity contribution in [1.29, 1.82) is 0 Å². The number of nitrogens with one attached hydrogen (secondary N) is 1. The number of aromatic hydroxyl groups is 1. The standard InChI is InChI=1S/C17H16N2O6/c1-10-3-8-14(19(23)24)16(11(10)2)18-15(21)9-25-17(22)12-4-6-13(20)7-5-12/h3-8,20H,9H2,1-2H3,(H,18,21). The van der Waals surface area contributed by atoms with Gasteiger partial charge in [-0.2, -0.15) is 0 Å². The lowest BCUT2D eigenvalue weighted by atomic mass is 10.1. The molecule has 130 valence electrons. The summed E-state index contributed by atoms with van der Waals surface area (Å²) >= 11 is 0. The summed E-state index contributed by atoms with van der Waals surface area (Å²) in [5.74, 6) is -1.44. The van der Waals surface area contributed by atoms with Gasteiger partial charge in [-0.3, -0.25) is 14.9 Å². The summed E-state index contributed by atoms with van der Waals surface area (Å²) in [5.41, 5.74) is 1.36. The monoisotopic (exact) mass is 344 g/mol. The number of hydrogen-bond acceptors (Lipinski definition) is 6. The fourth-order valence-electron chi connectivity index (χ4n) is 2.10. The van der Waals surface area contributed by atoms with E-state index in [2.05, 4.69) is 5.32 Å². The van der Waals surface area contributed by atoms with Gasteiger partial charge in [-0.05, 0) is 49.2 Å². The van der Waals surface area contributed by atoms with Gasteiger partial charge in [0.25, 0.3) is 11.6 Å².